The molecule has 0 saturated carbocycles. The van der Waals surface area contributed by atoms with Crippen molar-refractivity contribution in [2.45, 2.75) is 13.8 Å². The van der Waals surface area contributed by atoms with Gasteiger partial charge in [-0.05, 0) is 26.0 Å². The molecule has 0 aliphatic heterocycles. The van der Waals surface area contributed by atoms with Crippen molar-refractivity contribution < 1.29 is 9.47 Å². The maximum Gasteiger partial charge on any atom is 0.144 e. The van der Waals surface area contributed by atoms with Gasteiger partial charge in [0, 0.05) is 20.2 Å². The molecule has 0 heterocycles. The molecule has 1 aromatic rings. The predicted octanol–water partition coefficient (Wildman–Crippen LogP) is 2.14. The first-order valence-corrected chi connectivity index (χ1v) is 5.99. The molecule has 0 unspecified atom stereocenters. The van der Waals surface area contributed by atoms with Crippen molar-refractivity contribution in [3.63, 3.8) is 0 Å². The number of nitrogens with zero attached hydrogens (tertiary/aromatic N) is 1. The van der Waals surface area contributed by atoms with Crippen molar-refractivity contribution in [3.05, 3.63) is 18.2 Å². The second-order valence-electron chi connectivity index (χ2n) is 3.69. The molecular formula is C13H22N2O2. The molecule has 0 fully saturated rings. The van der Waals surface area contributed by atoms with E-state index in [2.05, 4.69) is 11.8 Å². The normalized spacial score (nSPS) is 10.3. The molecule has 0 amide bonds. The number of hydrogen-bond acceptors (Lipinski definition) is 4. The fourth-order valence-electron chi connectivity index (χ4n) is 1.74. The molecule has 0 spiro atoms. The zero-order valence-electron chi connectivity index (χ0n) is 10.9. The van der Waals surface area contributed by atoms with Crippen molar-refractivity contribution in [3.8, 4) is 5.75 Å². The Labute approximate surface area is 103 Å². The number of nitrogen functional groups attached to an aromatic ring is 1. The lowest BCUT2D eigenvalue weighted by molar-refractivity contribution is 0.205. The smallest absolute Gasteiger partial charge is 0.144 e. The van der Waals surface area contributed by atoms with Gasteiger partial charge in [-0.15, -0.1) is 0 Å². The van der Waals surface area contributed by atoms with Gasteiger partial charge in [-0.2, -0.15) is 0 Å². The number of hydrogen-bond donors (Lipinski definition) is 1. The molecule has 0 aliphatic rings. The number of likely N-dealkylation sites (N-methyl/N-ethyl adjacent to an activating group) is 1. The third kappa shape index (κ3) is 3.53. The van der Waals surface area contributed by atoms with Gasteiger partial charge in [0.05, 0.1) is 24.6 Å². The van der Waals surface area contributed by atoms with Gasteiger partial charge in [0.25, 0.3) is 0 Å². The molecule has 4 heteroatoms. The highest BCUT2D eigenvalue weighted by atomic mass is 16.5. The van der Waals surface area contributed by atoms with Crippen LogP contribution < -0.4 is 15.4 Å². The van der Waals surface area contributed by atoms with E-state index in [-0.39, 0.29) is 0 Å². The summed E-state index contributed by atoms with van der Waals surface area (Å²) >= 11 is 0. The molecule has 0 saturated heterocycles. The average Bonchev–Trinajstić information content (AvgIpc) is 2.34. The topological polar surface area (TPSA) is 47.7 Å². The molecule has 1 aromatic carbocycles. The Balaban J connectivity index is 2.90. The quantitative estimate of drug-likeness (QED) is 0.739. The molecule has 2 N–H and O–H groups in total. The van der Waals surface area contributed by atoms with E-state index in [1.54, 1.807) is 7.11 Å². The fraction of sp³-hybridized carbons (Fsp3) is 0.538. The standard InChI is InChI=1S/C13H22N2O2/c1-4-15(9-10-16-3)11-7-6-8-12(13(11)14)17-5-2/h6-8H,4-5,9-10,14H2,1-3H3. The van der Waals surface area contributed by atoms with E-state index in [4.69, 9.17) is 15.2 Å². The maximum atomic E-state index is 6.11. The second-order valence-corrected chi connectivity index (χ2v) is 3.69. The van der Waals surface area contributed by atoms with Gasteiger partial charge in [0.1, 0.15) is 5.75 Å². The molecular weight excluding hydrogens is 216 g/mol. The van der Waals surface area contributed by atoms with E-state index in [0.717, 1.165) is 24.5 Å². The molecule has 1 rings (SSSR count). The minimum absolute atomic E-state index is 0.623. The van der Waals surface area contributed by atoms with Crippen LogP contribution >= 0.6 is 0 Å². The summed E-state index contributed by atoms with van der Waals surface area (Å²) < 4.78 is 10.6. The van der Waals surface area contributed by atoms with E-state index in [1.165, 1.54) is 0 Å². The minimum atomic E-state index is 0.623. The fourth-order valence-corrected chi connectivity index (χ4v) is 1.74. The monoisotopic (exact) mass is 238 g/mol. The van der Waals surface area contributed by atoms with Crippen molar-refractivity contribution in [2.24, 2.45) is 0 Å². The summed E-state index contributed by atoms with van der Waals surface area (Å²) in [5, 5.41) is 0. The number of benzene rings is 1. The van der Waals surface area contributed by atoms with Gasteiger partial charge >= 0.3 is 0 Å². The summed E-state index contributed by atoms with van der Waals surface area (Å²) in [5.41, 5.74) is 7.82. The van der Waals surface area contributed by atoms with Crippen LogP contribution in [0.3, 0.4) is 0 Å². The van der Waals surface area contributed by atoms with Crippen LogP contribution in [0.1, 0.15) is 13.8 Å². The molecule has 0 atom stereocenters. The van der Waals surface area contributed by atoms with E-state index >= 15 is 0 Å². The van der Waals surface area contributed by atoms with Crippen LogP contribution in [0.25, 0.3) is 0 Å². The lowest BCUT2D eigenvalue weighted by atomic mass is 10.2. The van der Waals surface area contributed by atoms with E-state index in [1.807, 2.05) is 25.1 Å². The van der Waals surface area contributed by atoms with Gasteiger partial charge < -0.3 is 20.1 Å². The predicted molar refractivity (Wildman–Crippen MR) is 71.8 cm³/mol. The van der Waals surface area contributed by atoms with Crippen LogP contribution in [0.5, 0.6) is 5.75 Å². The zero-order chi connectivity index (χ0) is 12.7. The third-order valence-electron chi connectivity index (χ3n) is 2.63. The Morgan fingerprint density at radius 1 is 1.29 bits per heavy atom. The van der Waals surface area contributed by atoms with Crippen molar-refractivity contribution in [1.82, 2.24) is 0 Å². The van der Waals surface area contributed by atoms with Crippen molar-refractivity contribution in [2.75, 3.05) is 44.0 Å². The summed E-state index contributed by atoms with van der Waals surface area (Å²) in [6.45, 7) is 7.08. The second kappa shape index (κ2) is 7.01. The highest BCUT2D eigenvalue weighted by Gasteiger charge is 2.11. The largest absolute Gasteiger partial charge is 0.492 e. The van der Waals surface area contributed by atoms with Crippen LogP contribution in [0, 0.1) is 0 Å². The summed E-state index contributed by atoms with van der Waals surface area (Å²) in [5.74, 6) is 0.751. The van der Waals surface area contributed by atoms with Crippen LogP contribution in [-0.2, 0) is 4.74 Å². The van der Waals surface area contributed by atoms with Crippen LogP contribution in [-0.4, -0.2) is 33.4 Å². The third-order valence-corrected chi connectivity index (χ3v) is 2.63. The molecule has 96 valence electrons. The van der Waals surface area contributed by atoms with Gasteiger partial charge in [-0.25, -0.2) is 0 Å². The van der Waals surface area contributed by atoms with Gasteiger partial charge in [0.15, 0.2) is 0 Å². The SMILES string of the molecule is CCOc1cccc(N(CC)CCOC)c1N. The Hall–Kier alpha value is -1.42. The lowest BCUT2D eigenvalue weighted by Gasteiger charge is -2.25. The number of ether oxygens (including phenoxy) is 2. The molecule has 0 bridgehead atoms. The van der Waals surface area contributed by atoms with Crippen molar-refractivity contribution in [1.29, 1.82) is 0 Å². The number of anilines is 2. The number of nitrogens with two attached hydrogens (primary N) is 1. The minimum Gasteiger partial charge on any atom is -0.492 e. The Kier molecular flexibility index (Phi) is 5.63. The maximum absolute atomic E-state index is 6.11. The summed E-state index contributed by atoms with van der Waals surface area (Å²) in [7, 11) is 1.70. The van der Waals surface area contributed by atoms with Gasteiger partial charge in [-0.3, -0.25) is 0 Å². The molecule has 0 aromatic heterocycles. The summed E-state index contributed by atoms with van der Waals surface area (Å²) in [4.78, 5) is 2.18. The lowest BCUT2D eigenvalue weighted by Crippen LogP contribution is -2.27. The number of rotatable bonds is 7. The highest BCUT2D eigenvalue weighted by Crippen LogP contribution is 2.32. The Morgan fingerprint density at radius 2 is 2.06 bits per heavy atom. The van der Waals surface area contributed by atoms with Gasteiger partial charge in [-0.1, -0.05) is 6.07 Å². The molecule has 17 heavy (non-hydrogen) atoms. The average molecular weight is 238 g/mol. The van der Waals surface area contributed by atoms with Crippen LogP contribution in [0.15, 0.2) is 18.2 Å². The first kappa shape index (κ1) is 13.6. The first-order valence-electron chi connectivity index (χ1n) is 5.99. The molecule has 4 nitrogen and oxygen atoms in total. The summed E-state index contributed by atoms with van der Waals surface area (Å²) in [6.07, 6.45) is 0. The van der Waals surface area contributed by atoms with Crippen LogP contribution in [0.2, 0.25) is 0 Å². The van der Waals surface area contributed by atoms with Crippen LogP contribution in [0.4, 0.5) is 11.4 Å². The summed E-state index contributed by atoms with van der Waals surface area (Å²) in [6, 6.07) is 5.87. The Bertz CT molecular complexity index is 342. The Morgan fingerprint density at radius 3 is 2.65 bits per heavy atom. The first-order chi connectivity index (χ1) is 8.24. The molecule has 0 aliphatic carbocycles. The molecule has 0 radical (unpaired) electrons. The number of para-hydroxylation sites is 1. The van der Waals surface area contributed by atoms with Crippen molar-refractivity contribution >= 4 is 11.4 Å². The van der Waals surface area contributed by atoms with E-state index in [0.29, 0.717) is 18.9 Å². The van der Waals surface area contributed by atoms with E-state index in [9.17, 15) is 0 Å². The number of methoxy groups -OCH3 is 1. The zero-order valence-corrected chi connectivity index (χ0v) is 10.9. The van der Waals surface area contributed by atoms with E-state index < -0.39 is 0 Å². The van der Waals surface area contributed by atoms with Gasteiger partial charge in [0.2, 0.25) is 0 Å². The highest BCUT2D eigenvalue weighted by molar-refractivity contribution is 5.74.